The Morgan fingerprint density at radius 3 is 3.12 bits per heavy atom. The molecule has 2 aromatic rings. The molecule has 0 spiro atoms. The summed E-state index contributed by atoms with van der Waals surface area (Å²) in [7, 11) is 0. The molecular weight excluding hydrogens is 370 g/mol. The number of thioether (sulfide) groups is 1. The van der Waals surface area contributed by atoms with Crippen LogP contribution in [0.3, 0.4) is 0 Å². The number of carbonyl (C=O) groups excluding carboxylic acids is 1. The van der Waals surface area contributed by atoms with Crippen LogP contribution in [0.2, 0.25) is 0 Å². The maximum atomic E-state index is 12.4. The highest BCUT2D eigenvalue weighted by atomic mass is 32.2. The Kier molecular flexibility index (Phi) is 6.44. The van der Waals surface area contributed by atoms with Crippen LogP contribution in [0.25, 0.3) is 0 Å². The summed E-state index contributed by atoms with van der Waals surface area (Å²) in [6.07, 6.45) is 2.40. The minimum atomic E-state index is -0.360. The first-order valence-corrected chi connectivity index (χ1v) is 10.0. The number of anilines is 2. The second-order valence-electron chi connectivity index (χ2n) is 5.80. The van der Waals surface area contributed by atoms with Gasteiger partial charge in [-0.2, -0.15) is 5.26 Å². The highest BCUT2D eigenvalue weighted by Crippen LogP contribution is 2.30. The molecule has 3 rings (SSSR count). The molecule has 26 heavy (non-hydrogen) atoms. The van der Waals surface area contributed by atoms with E-state index in [-0.39, 0.29) is 17.3 Å². The van der Waals surface area contributed by atoms with E-state index in [4.69, 9.17) is 10.00 Å². The largest absolute Gasteiger partial charge is 0.376 e. The summed E-state index contributed by atoms with van der Waals surface area (Å²) < 4.78 is 6.28. The molecule has 0 radical (unpaired) electrons. The summed E-state index contributed by atoms with van der Waals surface area (Å²) in [6, 6.07) is 9.00. The topological polar surface area (TPSA) is 99.9 Å². The monoisotopic (exact) mass is 389 g/mol. The molecule has 2 heterocycles. The molecule has 9 heteroatoms. The Labute approximate surface area is 160 Å². The lowest BCUT2D eigenvalue weighted by Crippen LogP contribution is -2.22. The van der Waals surface area contributed by atoms with Gasteiger partial charge in [0.2, 0.25) is 11.0 Å². The second-order valence-corrected chi connectivity index (χ2v) is 8.36. The van der Waals surface area contributed by atoms with Crippen molar-refractivity contribution in [3.63, 3.8) is 0 Å². The number of hydrogen-bond donors (Lipinski definition) is 2. The van der Waals surface area contributed by atoms with Gasteiger partial charge in [-0.3, -0.25) is 4.79 Å². The predicted octanol–water partition coefficient (Wildman–Crippen LogP) is 3.12. The van der Waals surface area contributed by atoms with Crippen LogP contribution in [0, 0.1) is 11.3 Å². The number of ether oxygens (including phenoxy) is 1. The van der Waals surface area contributed by atoms with Crippen LogP contribution in [0.4, 0.5) is 10.8 Å². The Morgan fingerprint density at radius 2 is 2.35 bits per heavy atom. The lowest BCUT2D eigenvalue weighted by atomic mass is 10.2. The molecule has 1 amide bonds. The van der Waals surface area contributed by atoms with Gasteiger partial charge in [-0.15, -0.1) is 10.2 Å². The van der Waals surface area contributed by atoms with Crippen LogP contribution in [0.15, 0.2) is 28.6 Å². The van der Waals surface area contributed by atoms with Crippen molar-refractivity contribution < 1.29 is 9.53 Å². The average molecular weight is 390 g/mol. The number of amides is 1. The lowest BCUT2D eigenvalue weighted by molar-refractivity contribution is -0.115. The van der Waals surface area contributed by atoms with E-state index in [0.29, 0.717) is 11.3 Å². The minimum Gasteiger partial charge on any atom is -0.376 e. The van der Waals surface area contributed by atoms with Crippen molar-refractivity contribution in [2.45, 2.75) is 35.5 Å². The number of nitrogens with one attached hydrogen (secondary N) is 2. The number of aromatic nitrogens is 2. The summed E-state index contributed by atoms with van der Waals surface area (Å²) in [4.78, 5) is 12.4. The lowest BCUT2D eigenvalue weighted by Gasteiger charge is -2.11. The molecule has 1 aliphatic rings. The standard InChI is InChI=1S/C17H19N5O2S2/c1-11(15(23)20-14-7-3-2-5-12(14)9-18)25-17-22-21-16(26-17)19-10-13-6-4-8-24-13/h2-3,5,7,11,13H,4,6,8,10H2,1H3,(H,19,21)(H,20,23)/t11-,13-/m0/s1. The van der Waals surface area contributed by atoms with Crippen LogP contribution in [0.5, 0.6) is 0 Å². The fraction of sp³-hybridized carbons (Fsp3) is 0.412. The van der Waals surface area contributed by atoms with Crippen molar-refractivity contribution in [3.8, 4) is 6.07 Å². The van der Waals surface area contributed by atoms with Crippen LogP contribution in [-0.2, 0) is 9.53 Å². The van der Waals surface area contributed by atoms with Crippen molar-refractivity contribution in [2.24, 2.45) is 0 Å². The van der Waals surface area contributed by atoms with E-state index in [9.17, 15) is 4.79 Å². The molecular formula is C17H19N5O2S2. The van der Waals surface area contributed by atoms with E-state index in [1.165, 1.54) is 23.1 Å². The first kappa shape index (κ1) is 18.6. The fourth-order valence-corrected chi connectivity index (χ4v) is 4.37. The van der Waals surface area contributed by atoms with Crippen LogP contribution in [0.1, 0.15) is 25.3 Å². The van der Waals surface area contributed by atoms with E-state index < -0.39 is 0 Å². The highest BCUT2D eigenvalue weighted by molar-refractivity contribution is 8.02. The third-order valence-electron chi connectivity index (χ3n) is 3.86. The third-order valence-corrected chi connectivity index (χ3v) is 5.93. The summed E-state index contributed by atoms with van der Waals surface area (Å²) in [5.41, 5.74) is 0.957. The van der Waals surface area contributed by atoms with E-state index in [1.807, 2.05) is 0 Å². The zero-order valence-corrected chi connectivity index (χ0v) is 15.9. The van der Waals surface area contributed by atoms with Crippen molar-refractivity contribution in [2.75, 3.05) is 23.8 Å². The normalized spacial score (nSPS) is 17.5. The molecule has 0 unspecified atom stereocenters. The third kappa shape index (κ3) is 4.94. The predicted molar refractivity (Wildman–Crippen MR) is 102 cm³/mol. The molecule has 1 aliphatic heterocycles. The maximum absolute atomic E-state index is 12.4. The van der Waals surface area contributed by atoms with Crippen molar-refractivity contribution in [3.05, 3.63) is 29.8 Å². The number of para-hydroxylation sites is 1. The van der Waals surface area contributed by atoms with Gasteiger partial charge in [-0.25, -0.2) is 0 Å². The van der Waals surface area contributed by atoms with Crippen LogP contribution in [-0.4, -0.2) is 40.6 Å². The number of nitriles is 1. The Hall–Kier alpha value is -2.15. The Balaban J connectivity index is 1.51. The van der Waals surface area contributed by atoms with Gasteiger partial charge in [0.05, 0.1) is 22.6 Å². The highest BCUT2D eigenvalue weighted by Gasteiger charge is 2.19. The number of carbonyl (C=O) groups is 1. The average Bonchev–Trinajstić information content (AvgIpc) is 3.32. The smallest absolute Gasteiger partial charge is 0.237 e. The molecule has 0 aliphatic carbocycles. The molecule has 2 atom stereocenters. The summed E-state index contributed by atoms with van der Waals surface area (Å²) in [6.45, 7) is 3.35. The second kappa shape index (κ2) is 8.98. The Morgan fingerprint density at radius 1 is 1.50 bits per heavy atom. The van der Waals surface area contributed by atoms with Gasteiger partial charge >= 0.3 is 0 Å². The van der Waals surface area contributed by atoms with E-state index in [1.54, 1.807) is 31.2 Å². The number of nitrogens with zero attached hydrogens (tertiary/aromatic N) is 3. The van der Waals surface area contributed by atoms with Gasteiger partial charge in [0.15, 0.2) is 4.34 Å². The molecule has 2 N–H and O–H groups in total. The molecule has 0 saturated carbocycles. The van der Waals surface area contributed by atoms with Gasteiger partial charge in [0, 0.05) is 13.2 Å². The van der Waals surface area contributed by atoms with Crippen molar-refractivity contribution in [1.82, 2.24) is 10.2 Å². The molecule has 1 fully saturated rings. The number of benzene rings is 1. The number of rotatable bonds is 7. The first-order chi connectivity index (χ1) is 12.7. The van der Waals surface area contributed by atoms with Gasteiger partial charge in [0.1, 0.15) is 6.07 Å². The maximum Gasteiger partial charge on any atom is 0.237 e. The summed E-state index contributed by atoms with van der Waals surface area (Å²) in [5, 5.41) is 23.7. The molecule has 136 valence electrons. The van der Waals surface area contributed by atoms with Gasteiger partial charge in [-0.1, -0.05) is 35.2 Å². The van der Waals surface area contributed by atoms with Crippen molar-refractivity contribution >= 4 is 39.8 Å². The van der Waals surface area contributed by atoms with Crippen molar-refractivity contribution in [1.29, 1.82) is 5.26 Å². The summed E-state index contributed by atoms with van der Waals surface area (Å²) >= 11 is 2.76. The van der Waals surface area contributed by atoms with E-state index in [2.05, 4.69) is 26.9 Å². The van der Waals surface area contributed by atoms with E-state index >= 15 is 0 Å². The molecule has 1 saturated heterocycles. The molecule has 1 aromatic carbocycles. The zero-order valence-electron chi connectivity index (χ0n) is 14.3. The fourth-order valence-electron chi connectivity index (χ4n) is 2.46. The van der Waals surface area contributed by atoms with Gasteiger partial charge in [-0.05, 0) is 31.9 Å². The van der Waals surface area contributed by atoms with Crippen LogP contribution >= 0.6 is 23.1 Å². The SMILES string of the molecule is C[C@H](Sc1nnc(NC[C@@H]2CCCO2)s1)C(=O)Nc1ccccc1C#N. The van der Waals surface area contributed by atoms with E-state index in [0.717, 1.165) is 35.5 Å². The minimum absolute atomic E-state index is 0.179. The van der Waals surface area contributed by atoms with Crippen LogP contribution < -0.4 is 10.6 Å². The Bertz CT molecular complexity index is 798. The molecule has 7 nitrogen and oxygen atoms in total. The summed E-state index contributed by atoms with van der Waals surface area (Å²) in [5.74, 6) is -0.179. The van der Waals surface area contributed by atoms with Gasteiger partial charge in [0.25, 0.3) is 0 Å². The molecule has 1 aromatic heterocycles. The molecule has 0 bridgehead atoms. The van der Waals surface area contributed by atoms with Gasteiger partial charge < -0.3 is 15.4 Å². The zero-order chi connectivity index (χ0) is 18.4. The quantitative estimate of drug-likeness (QED) is 0.702. The first-order valence-electron chi connectivity index (χ1n) is 8.31. The number of hydrogen-bond acceptors (Lipinski definition) is 8.